The van der Waals surface area contributed by atoms with E-state index in [9.17, 15) is 13.2 Å². The Bertz CT molecular complexity index is 674. The number of benzene rings is 1. The third kappa shape index (κ3) is 3.96. The molecule has 0 atom stereocenters. The summed E-state index contributed by atoms with van der Waals surface area (Å²) >= 11 is 0. The minimum Gasteiger partial charge on any atom is -0.336 e. The first-order chi connectivity index (χ1) is 11.5. The number of piperazine rings is 1. The predicted octanol–water partition coefficient (Wildman–Crippen LogP) is 1.000. The van der Waals surface area contributed by atoms with Crippen molar-refractivity contribution in [3.05, 3.63) is 35.4 Å². The summed E-state index contributed by atoms with van der Waals surface area (Å²) in [6, 6.07) is 7.01. The largest absolute Gasteiger partial charge is 0.336 e. The van der Waals surface area contributed by atoms with Crippen molar-refractivity contribution in [3.8, 4) is 0 Å². The molecule has 1 amide bonds. The van der Waals surface area contributed by atoms with Crippen molar-refractivity contribution in [2.75, 3.05) is 46.3 Å². The van der Waals surface area contributed by atoms with Gasteiger partial charge in [-0.15, -0.1) is 0 Å². The second-order valence-electron chi connectivity index (χ2n) is 6.65. The van der Waals surface area contributed by atoms with Gasteiger partial charge in [-0.3, -0.25) is 4.79 Å². The second-order valence-corrected chi connectivity index (χ2v) is 8.62. The summed E-state index contributed by atoms with van der Waals surface area (Å²) in [4.78, 5) is 16.6. The highest BCUT2D eigenvalue weighted by Crippen LogP contribution is 2.18. The van der Waals surface area contributed by atoms with Gasteiger partial charge in [-0.2, -0.15) is 0 Å². The van der Waals surface area contributed by atoms with Gasteiger partial charge in [0.2, 0.25) is 10.0 Å². The van der Waals surface area contributed by atoms with Crippen molar-refractivity contribution in [1.82, 2.24) is 14.1 Å². The SMILES string of the molecule is CN1CCN(C(=O)c2ccc(CS(=O)(=O)N3CCCC3)cc2)CC1. The molecule has 7 heteroatoms. The molecule has 0 unspecified atom stereocenters. The Kier molecular flexibility index (Phi) is 5.22. The number of carbonyl (C=O) groups excluding carboxylic acids is 1. The van der Waals surface area contributed by atoms with Crippen LogP contribution in [0.5, 0.6) is 0 Å². The van der Waals surface area contributed by atoms with Crippen LogP contribution in [-0.2, 0) is 15.8 Å². The molecular formula is C17H25N3O3S. The van der Waals surface area contributed by atoms with E-state index in [0.29, 0.717) is 18.7 Å². The lowest BCUT2D eigenvalue weighted by Crippen LogP contribution is -2.47. The smallest absolute Gasteiger partial charge is 0.253 e. The molecule has 3 rings (SSSR count). The third-order valence-corrected chi connectivity index (χ3v) is 6.65. The summed E-state index contributed by atoms with van der Waals surface area (Å²) < 4.78 is 26.3. The molecule has 2 saturated heterocycles. The second kappa shape index (κ2) is 7.21. The fourth-order valence-corrected chi connectivity index (χ4v) is 4.81. The van der Waals surface area contributed by atoms with Gasteiger partial charge in [-0.1, -0.05) is 12.1 Å². The van der Waals surface area contributed by atoms with Gasteiger partial charge < -0.3 is 9.80 Å². The lowest BCUT2D eigenvalue weighted by Gasteiger charge is -2.32. The number of hydrogen-bond donors (Lipinski definition) is 0. The number of nitrogens with zero attached hydrogens (tertiary/aromatic N) is 3. The standard InChI is InChI=1S/C17H25N3O3S/c1-18-10-12-19(13-11-18)17(21)16-6-4-15(5-7-16)14-24(22,23)20-8-2-3-9-20/h4-7H,2-3,8-14H2,1H3. The number of rotatable bonds is 4. The lowest BCUT2D eigenvalue weighted by molar-refractivity contribution is 0.0664. The van der Waals surface area contributed by atoms with Crippen LogP contribution < -0.4 is 0 Å². The van der Waals surface area contributed by atoms with Crippen LogP contribution in [0.4, 0.5) is 0 Å². The molecule has 1 aromatic rings. The zero-order valence-corrected chi connectivity index (χ0v) is 15.0. The number of hydrogen-bond acceptors (Lipinski definition) is 4. The molecule has 2 heterocycles. The predicted molar refractivity (Wildman–Crippen MR) is 93.3 cm³/mol. The van der Waals surface area contributed by atoms with Crippen LogP contribution in [0, 0.1) is 0 Å². The Hall–Kier alpha value is -1.44. The molecule has 6 nitrogen and oxygen atoms in total. The first kappa shape index (κ1) is 17.4. The number of sulfonamides is 1. The molecule has 0 N–H and O–H groups in total. The number of carbonyl (C=O) groups is 1. The maximum Gasteiger partial charge on any atom is 0.253 e. The van der Waals surface area contributed by atoms with Crippen LogP contribution in [0.3, 0.4) is 0 Å². The molecule has 0 radical (unpaired) electrons. The fraction of sp³-hybridized carbons (Fsp3) is 0.588. The maximum absolute atomic E-state index is 12.5. The number of likely N-dealkylation sites (N-methyl/N-ethyl adjacent to an activating group) is 1. The van der Waals surface area contributed by atoms with Gasteiger partial charge in [-0.05, 0) is 37.6 Å². The molecule has 2 fully saturated rings. The van der Waals surface area contributed by atoms with Gasteiger partial charge in [0.15, 0.2) is 0 Å². The molecule has 0 spiro atoms. The van der Waals surface area contributed by atoms with Crippen molar-refractivity contribution in [1.29, 1.82) is 0 Å². The quantitative estimate of drug-likeness (QED) is 0.812. The van der Waals surface area contributed by atoms with Gasteiger partial charge in [0.05, 0.1) is 5.75 Å². The van der Waals surface area contributed by atoms with Crippen LogP contribution in [0.2, 0.25) is 0 Å². The minimum absolute atomic E-state index is 0.00990. The van der Waals surface area contributed by atoms with Crippen molar-refractivity contribution in [3.63, 3.8) is 0 Å². The van der Waals surface area contributed by atoms with E-state index in [4.69, 9.17) is 0 Å². The van der Waals surface area contributed by atoms with E-state index in [2.05, 4.69) is 11.9 Å². The monoisotopic (exact) mass is 351 g/mol. The Morgan fingerprint density at radius 3 is 2.12 bits per heavy atom. The normalized spacial score (nSPS) is 20.5. The molecule has 2 aliphatic heterocycles. The van der Waals surface area contributed by atoms with Gasteiger partial charge in [0, 0.05) is 44.8 Å². The highest BCUT2D eigenvalue weighted by Gasteiger charge is 2.25. The maximum atomic E-state index is 12.5. The van der Waals surface area contributed by atoms with E-state index in [1.807, 2.05) is 4.90 Å². The van der Waals surface area contributed by atoms with E-state index >= 15 is 0 Å². The molecule has 0 aromatic heterocycles. The molecular weight excluding hydrogens is 326 g/mol. The van der Waals surface area contributed by atoms with Gasteiger partial charge in [0.1, 0.15) is 0 Å². The Morgan fingerprint density at radius 2 is 1.54 bits per heavy atom. The highest BCUT2D eigenvalue weighted by molar-refractivity contribution is 7.88. The van der Waals surface area contributed by atoms with Crippen molar-refractivity contribution < 1.29 is 13.2 Å². The molecule has 0 saturated carbocycles. The van der Waals surface area contributed by atoms with Gasteiger partial charge >= 0.3 is 0 Å². The van der Waals surface area contributed by atoms with Crippen LogP contribution in [0.25, 0.3) is 0 Å². The molecule has 2 aliphatic rings. The van der Waals surface area contributed by atoms with Crippen LogP contribution in [0.1, 0.15) is 28.8 Å². The van der Waals surface area contributed by atoms with Crippen molar-refractivity contribution >= 4 is 15.9 Å². The average Bonchev–Trinajstić information content (AvgIpc) is 3.11. The molecule has 0 bridgehead atoms. The van der Waals surface area contributed by atoms with E-state index in [1.165, 1.54) is 0 Å². The van der Waals surface area contributed by atoms with E-state index < -0.39 is 10.0 Å². The molecule has 24 heavy (non-hydrogen) atoms. The lowest BCUT2D eigenvalue weighted by atomic mass is 10.1. The summed E-state index contributed by atoms with van der Waals surface area (Å²) in [6.45, 7) is 4.50. The van der Waals surface area contributed by atoms with Gasteiger partial charge in [0.25, 0.3) is 5.91 Å². The number of amides is 1. The van der Waals surface area contributed by atoms with E-state index in [-0.39, 0.29) is 11.7 Å². The van der Waals surface area contributed by atoms with E-state index in [0.717, 1.165) is 44.6 Å². The average molecular weight is 351 g/mol. The fourth-order valence-electron chi connectivity index (χ4n) is 3.20. The first-order valence-electron chi connectivity index (χ1n) is 8.50. The Morgan fingerprint density at radius 1 is 0.958 bits per heavy atom. The molecule has 1 aromatic carbocycles. The summed E-state index contributed by atoms with van der Waals surface area (Å²) in [7, 11) is -1.19. The summed E-state index contributed by atoms with van der Waals surface area (Å²) in [5, 5.41) is 0. The third-order valence-electron chi connectivity index (χ3n) is 4.80. The van der Waals surface area contributed by atoms with Crippen LogP contribution in [0.15, 0.2) is 24.3 Å². The zero-order chi connectivity index (χ0) is 17.2. The van der Waals surface area contributed by atoms with Crippen molar-refractivity contribution in [2.45, 2.75) is 18.6 Å². The topological polar surface area (TPSA) is 60.9 Å². The van der Waals surface area contributed by atoms with Crippen molar-refractivity contribution in [2.24, 2.45) is 0 Å². The molecule has 0 aliphatic carbocycles. The zero-order valence-electron chi connectivity index (χ0n) is 14.1. The summed E-state index contributed by atoms with van der Waals surface area (Å²) in [6.07, 6.45) is 1.88. The minimum atomic E-state index is -3.24. The van der Waals surface area contributed by atoms with E-state index in [1.54, 1.807) is 28.6 Å². The van der Waals surface area contributed by atoms with Gasteiger partial charge in [-0.25, -0.2) is 12.7 Å². The molecule has 132 valence electrons. The Labute approximate surface area is 144 Å². The first-order valence-corrected chi connectivity index (χ1v) is 10.1. The van der Waals surface area contributed by atoms with Crippen LogP contribution in [-0.4, -0.2) is 74.7 Å². The summed E-state index contributed by atoms with van der Waals surface area (Å²) in [5.74, 6) is 0.0349. The van der Waals surface area contributed by atoms with Crippen LogP contribution >= 0.6 is 0 Å². The Balaban J connectivity index is 1.64. The highest BCUT2D eigenvalue weighted by atomic mass is 32.2. The summed E-state index contributed by atoms with van der Waals surface area (Å²) in [5.41, 5.74) is 1.36.